The van der Waals surface area contributed by atoms with Crippen LogP contribution in [0.1, 0.15) is 31.1 Å². The van der Waals surface area contributed by atoms with E-state index in [1.165, 1.54) is 19.1 Å². The van der Waals surface area contributed by atoms with Crippen molar-refractivity contribution in [3.05, 3.63) is 29.8 Å². The number of nitrogens with one attached hydrogen (secondary N) is 1. The van der Waals surface area contributed by atoms with Gasteiger partial charge in [0.2, 0.25) is 10.0 Å². The third kappa shape index (κ3) is 4.70. The summed E-state index contributed by atoms with van der Waals surface area (Å²) in [5, 5.41) is 0. The van der Waals surface area contributed by atoms with Crippen molar-refractivity contribution in [2.45, 2.75) is 25.7 Å². The van der Waals surface area contributed by atoms with Gasteiger partial charge in [-0.25, -0.2) is 13.1 Å². The van der Waals surface area contributed by atoms with Crippen molar-refractivity contribution in [2.24, 2.45) is 0 Å². The monoisotopic (exact) mass is 298 g/mol. The minimum absolute atomic E-state index is 0.129. The maximum Gasteiger partial charge on any atom is 0.240 e. The quantitative estimate of drug-likeness (QED) is 0.739. The molecule has 0 aromatic heterocycles. The zero-order valence-electron chi connectivity index (χ0n) is 12.2. The SMILES string of the molecule is CCN(CC)CCNS(=O)(=O)c1cccc(C(C)=O)c1. The van der Waals surface area contributed by atoms with Crippen LogP contribution in [-0.2, 0) is 10.0 Å². The van der Waals surface area contributed by atoms with E-state index < -0.39 is 10.0 Å². The number of nitrogens with zero attached hydrogens (tertiary/aromatic N) is 1. The first-order valence-corrected chi connectivity index (χ1v) is 8.22. The summed E-state index contributed by atoms with van der Waals surface area (Å²) in [6.45, 7) is 8.28. The Kier molecular flexibility index (Phi) is 6.32. The number of Topliss-reactive ketones (excluding diaryl/α,β-unsaturated/α-hetero) is 1. The van der Waals surface area contributed by atoms with Crippen molar-refractivity contribution in [1.82, 2.24) is 9.62 Å². The molecule has 1 aromatic rings. The van der Waals surface area contributed by atoms with Gasteiger partial charge in [0, 0.05) is 18.7 Å². The molecule has 0 bridgehead atoms. The standard InChI is InChI=1S/C14H22N2O3S/c1-4-16(5-2)10-9-15-20(18,19)14-8-6-7-13(11-14)12(3)17/h6-8,11,15H,4-5,9-10H2,1-3H3. The van der Waals surface area contributed by atoms with Gasteiger partial charge in [-0.05, 0) is 32.1 Å². The predicted octanol–water partition coefficient (Wildman–Crippen LogP) is 1.51. The first-order chi connectivity index (χ1) is 9.40. The minimum Gasteiger partial charge on any atom is -0.303 e. The molecule has 0 unspecified atom stereocenters. The average Bonchev–Trinajstić information content (AvgIpc) is 2.43. The molecule has 0 fully saturated rings. The molecule has 0 saturated heterocycles. The Morgan fingerprint density at radius 2 is 1.90 bits per heavy atom. The summed E-state index contributed by atoms with van der Waals surface area (Å²) in [6, 6.07) is 6.08. The summed E-state index contributed by atoms with van der Waals surface area (Å²) in [6.07, 6.45) is 0. The van der Waals surface area contributed by atoms with E-state index in [0.29, 0.717) is 18.7 Å². The smallest absolute Gasteiger partial charge is 0.240 e. The van der Waals surface area contributed by atoms with Crippen molar-refractivity contribution in [3.8, 4) is 0 Å². The first kappa shape index (κ1) is 16.8. The highest BCUT2D eigenvalue weighted by molar-refractivity contribution is 7.89. The summed E-state index contributed by atoms with van der Waals surface area (Å²) < 4.78 is 26.8. The maximum atomic E-state index is 12.1. The van der Waals surface area contributed by atoms with Crippen molar-refractivity contribution in [3.63, 3.8) is 0 Å². The van der Waals surface area contributed by atoms with E-state index in [0.717, 1.165) is 13.1 Å². The van der Waals surface area contributed by atoms with E-state index in [2.05, 4.69) is 9.62 Å². The molecule has 20 heavy (non-hydrogen) atoms. The summed E-state index contributed by atoms with van der Waals surface area (Å²) in [7, 11) is -3.56. The highest BCUT2D eigenvalue weighted by Crippen LogP contribution is 2.11. The fourth-order valence-electron chi connectivity index (χ4n) is 1.84. The van der Waals surface area contributed by atoms with E-state index >= 15 is 0 Å². The molecule has 1 rings (SSSR count). The van der Waals surface area contributed by atoms with Crippen LogP contribution in [0.4, 0.5) is 0 Å². The molecule has 0 spiro atoms. The molecule has 0 amide bonds. The number of sulfonamides is 1. The van der Waals surface area contributed by atoms with Gasteiger partial charge in [0.1, 0.15) is 0 Å². The van der Waals surface area contributed by atoms with Crippen LogP contribution >= 0.6 is 0 Å². The summed E-state index contributed by atoms with van der Waals surface area (Å²) in [4.78, 5) is 13.5. The molecule has 0 radical (unpaired) electrons. The third-order valence-electron chi connectivity index (χ3n) is 3.17. The fourth-order valence-corrected chi connectivity index (χ4v) is 2.91. The summed E-state index contributed by atoms with van der Waals surface area (Å²) in [5.74, 6) is -0.148. The maximum absolute atomic E-state index is 12.1. The highest BCUT2D eigenvalue weighted by Gasteiger charge is 2.15. The van der Waals surface area contributed by atoms with Crippen LogP contribution in [0.2, 0.25) is 0 Å². The number of likely N-dealkylation sites (N-methyl/N-ethyl adjacent to an activating group) is 1. The lowest BCUT2D eigenvalue weighted by molar-refractivity contribution is 0.101. The molecule has 0 aliphatic carbocycles. The van der Waals surface area contributed by atoms with Gasteiger partial charge in [0.25, 0.3) is 0 Å². The number of hydrogen-bond acceptors (Lipinski definition) is 4. The molecule has 0 aliphatic heterocycles. The Bertz CT molecular complexity index is 551. The van der Waals surface area contributed by atoms with Crippen molar-refractivity contribution < 1.29 is 13.2 Å². The number of carbonyl (C=O) groups excluding carboxylic acids is 1. The second-order valence-electron chi connectivity index (χ2n) is 4.51. The van der Waals surface area contributed by atoms with Crippen molar-refractivity contribution >= 4 is 15.8 Å². The average molecular weight is 298 g/mol. The molecule has 5 nitrogen and oxygen atoms in total. The second-order valence-corrected chi connectivity index (χ2v) is 6.28. The molecule has 1 N–H and O–H groups in total. The predicted molar refractivity (Wildman–Crippen MR) is 79.4 cm³/mol. The minimum atomic E-state index is -3.56. The zero-order valence-corrected chi connectivity index (χ0v) is 13.0. The Balaban J connectivity index is 2.74. The Morgan fingerprint density at radius 1 is 1.25 bits per heavy atom. The lowest BCUT2D eigenvalue weighted by Gasteiger charge is -2.18. The largest absolute Gasteiger partial charge is 0.303 e. The zero-order chi connectivity index (χ0) is 15.2. The van der Waals surface area contributed by atoms with Gasteiger partial charge in [-0.1, -0.05) is 26.0 Å². The Hall–Kier alpha value is -1.24. The number of hydrogen-bond donors (Lipinski definition) is 1. The number of rotatable bonds is 8. The molecule has 112 valence electrons. The van der Waals surface area contributed by atoms with Gasteiger partial charge in [0.15, 0.2) is 5.78 Å². The Labute approximate surface area is 121 Å². The van der Waals surface area contributed by atoms with E-state index in [1.54, 1.807) is 12.1 Å². The van der Waals surface area contributed by atoms with Crippen LogP contribution < -0.4 is 4.72 Å². The lowest BCUT2D eigenvalue weighted by Crippen LogP contribution is -2.34. The first-order valence-electron chi connectivity index (χ1n) is 6.73. The van der Waals surface area contributed by atoms with Gasteiger partial charge in [0.05, 0.1) is 4.90 Å². The fraction of sp³-hybridized carbons (Fsp3) is 0.500. The van der Waals surface area contributed by atoms with E-state index in [-0.39, 0.29) is 10.7 Å². The molecule has 0 saturated carbocycles. The van der Waals surface area contributed by atoms with E-state index in [4.69, 9.17) is 0 Å². The van der Waals surface area contributed by atoms with Crippen molar-refractivity contribution in [2.75, 3.05) is 26.2 Å². The lowest BCUT2D eigenvalue weighted by atomic mass is 10.2. The van der Waals surface area contributed by atoms with Gasteiger partial charge in [-0.2, -0.15) is 0 Å². The topological polar surface area (TPSA) is 66.5 Å². The molecule has 0 aliphatic rings. The third-order valence-corrected chi connectivity index (χ3v) is 4.62. The normalized spacial score (nSPS) is 11.8. The molecular formula is C14H22N2O3S. The van der Waals surface area contributed by atoms with Crippen LogP contribution in [0.3, 0.4) is 0 Å². The van der Waals surface area contributed by atoms with Crippen LogP contribution in [0, 0.1) is 0 Å². The second kappa shape index (κ2) is 7.52. The summed E-state index contributed by atoms with van der Waals surface area (Å²) in [5.41, 5.74) is 0.400. The van der Waals surface area contributed by atoms with Crippen LogP contribution in [0.5, 0.6) is 0 Å². The van der Waals surface area contributed by atoms with Gasteiger partial charge in [-0.3, -0.25) is 4.79 Å². The van der Waals surface area contributed by atoms with Gasteiger partial charge in [-0.15, -0.1) is 0 Å². The van der Waals surface area contributed by atoms with Crippen LogP contribution in [0.15, 0.2) is 29.2 Å². The molecule has 0 atom stereocenters. The van der Waals surface area contributed by atoms with Crippen LogP contribution in [0.25, 0.3) is 0 Å². The number of carbonyl (C=O) groups is 1. The molecule has 6 heteroatoms. The molecule has 1 aromatic carbocycles. The van der Waals surface area contributed by atoms with E-state index in [9.17, 15) is 13.2 Å². The van der Waals surface area contributed by atoms with Gasteiger partial charge >= 0.3 is 0 Å². The number of ketones is 1. The Morgan fingerprint density at radius 3 is 2.45 bits per heavy atom. The summed E-state index contributed by atoms with van der Waals surface area (Å²) >= 11 is 0. The van der Waals surface area contributed by atoms with Crippen LogP contribution in [-0.4, -0.2) is 45.3 Å². The van der Waals surface area contributed by atoms with Crippen molar-refractivity contribution in [1.29, 1.82) is 0 Å². The molecular weight excluding hydrogens is 276 g/mol. The molecule has 0 heterocycles. The van der Waals surface area contributed by atoms with E-state index in [1.807, 2.05) is 13.8 Å². The number of benzene rings is 1. The highest BCUT2D eigenvalue weighted by atomic mass is 32.2. The van der Waals surface area contributed by atoms with Gasteiger partial charge < -0.3 is 4.90 Å².